The largest absolute Gasteiger partial charge is 0.481 e. The van der Waals surface area contributed by atoms with Crippen LogP contribution in [-0.2, 0) is 4.79 Å². The molecular weight excluding hydrogens is 277 g/mol. The van der Waals surface area contributed by atoms with E-state index < -0.39 is 36.1 Å². The van der Waals surface area contributed by atoms with Gasteiger partial charge in [-0.3, -0.25) is 4.79 Å². The van der Waals surface area contributed by atoms with E-state index in [9.17, 15) is 22.8 Å². The lowest BCUT2D eigenvalue weighted by Gasteiger charge is -2.36. The van der Waals surface area contributed by atoms with Crippen LogP contribution < -0.4 is 5.32 Å². The van der Waals surface area contributed by atoms with Gasteiger partial charge in [0.1, 0.15) is 0 Å². The fourth-order valence-corrected chi connectivity index (χ4v) is 2.12. The maximum atomic E-state index is 12.2. The predicted molar refractivity (Wildman–Crippen MR) is 65.2 cm³/mol. The van der Waals surface area contributed by atoms with Gasteiger partial charge in [0, 0.05) is 19.1 Å². The Labute approximate surface area is 115 Å². The van der Waals surface area contributed by atoms with E-state index in [4.69, 9.17) is 5.11 Å². The highest BCUT2D eigenvalue weighted by molar-refractivity contribution is 5.77. The van der Waals surface area contributed by atoms with Crippen LogP contribution >= 0.6 is 0 Å². The van der Waals surface area contributed by atoms with Gasteiger partial charge in [-0.15, -0.1) is 0 Å². The van der Waals surface area contributed by atoms with Crippen molar-refractivity contribution in [2.24, 2.45) is 5.41 Å². The SMILES string of the molecule is CC(CC(F)(F)F)NC(=O)N1CCC(C)(C(=O)O)CC1. The topological polar surface area (TPSA) is 69.6 Å². The van der Waals surface area contributed by atoms with Gasteiger partial charge in [-0.2, -0.15) is 13.2 Å². The molecule has 5 nitrogen and oxygen atoms in total. The van der Waals surface area contributed by atoms with E-state index in [1.165, 1.54) is 11.8 Å². The van der Waals surface area contributed by atoms with Gasteiger partial charge < -0.3 is 15.3 Å². The number of piperidine rings is 1. The smallest absolute Gasteiger partial charge is 0.391 e. The highest BCUT2D eigenvalue weighted by atomic mass is 19.4. The van der Waals surface area contributed by atoms with Gasteiger partial charge in [-0.1, -0.05) is 0 Å². The molecule has 0 aromatic carbocycles. The number of nitrogens with one attached hydrogen (secondary N) is 1. The average Bonchev–Trinajstić information content (AvgIpc) is 2.26. The summed E-state index contributed by atoms with van der Waals surface area (Å²) in [6.07, 6.45) is -4.82. The quantitative estimate of drug-likeness (QED) is 0.839. The average molecular weight is 296 g/mol. The van der Waals surface area contributed by atoms with Crippen LogP contribution in [-0.4, -0.2) is 47.3 Å². The summed E-state index contributed by atoms with van der Waals surface area (Å²) in [6, 6.07) is -1.58. The standard InChI is InChI=1S/C12H19F3N2O3/c1-8(7-12(13,14)15)16-10(20)17-5-3-11(2,4-6-17)9(18)19/h8H,3-7H2,1-2H3,(H,16,20)(H,18,19). The molecule has 1 rings (SSSR count). The van der Waals surface area contributed by atoms with Crippen molar-refractivity contribution in [1.29, 1.82) is 0 Å². The van der Waals surface area contributed by atoms with Gasteiger partial charge in [0.2, 0.25) is 0 Å². The Morgan fingerprint density at radius 2 is 1.85 bits per heavy atom. The van der Waals surface area contributed by atoms with Gasteiger partial charge in [0.05, 0.1) is 11.8 Å². The number of amides is 2. The zero-order valence-corrected chi connectivity index (χ0v) is 11.5. The molecule has 1 unspecified atom stereocenters. The molecule has 0 aromatic heterocycles. The molecule has 0 aliphatic carbocycles. The van der Waals surface area contributed by atoms with Crippen LogP contribution in [0.15, 0.2) is 0 Å². The van der Waals surface area contributed by atoms with E-state index in [2.05, 4.69) is 5.32 Å². The van der Waals surface area contributed by atoms with Crippen LogP contribution in [0.5, 0.6) is 0 Å². The normalized spacial score (nSPS) is 20.4. The molecule has 1 saturated heterocycles. The van der Waals surface area contributed by atoms with Crippen LogP contribution in [0.1, 0.15) is 33.1 Å². The van der Waals surface area contributed by atoms with Crippen molar-refractivity contribution in [3.63, 3.8) is 0 Å². The Kier molecular flexibility index (Phi) is 4.88. The zero-order valence-electron chi connectivity index (χ0n) is 11.5. The number of carboxylic acid groups (broad SMARTS) is 1. The minimum absolute atomic E-state index is 0.230. The molecule has 1 aliphatic rings. The molecule has 116 valence electrons. The number of urea groups is 1. The number of aliphatic carboxylic acids is 1. The second-order valence-electron chi connectivity index (χ2n) is 5.52. The van der Waals surface area contributed by atoms with Crippen molar-refractivity contribution in [3.05, 3.63) is 0 Å². The summed E-state index contributed by atoms with van der Waals surface area (Å²) in [5, 5.41) is 11.3. The van der Waals surface area contributed by atoms with E-state index in [1.807, 2.05) is 0 Å². The first-order valence-electron chi connectivity index (χ1n) is 6.39. The van der Waals surface area contributed by atoms with Crippen LogP contribution in [0.4, 0.5) is 18.0 Å². The van der Waals surface area contributed by atoms with Crippen LogP contribution in [0.2, 0.25) is 0 Å². The molecule has 0 bridgehead atoms. The number of halogens is 3. The Bertz CT molecular complexity index is 377. The first-order chi connectivity index (χ1) is 9.03. The molecule has 0 spiro atoms. The molecule has 8 heteroatoms. The maximum absolute atomic E-state index is 12.2. The number of hydrogen-bond donors (Lipinski definition) is 2. The number of alkyl halides is 3. The monoisotopic (exact) mass is 296 g/mol. The number of carbonyl (C=O) groups excluding carboxylic acids is 1. The van der Waals surface area contributed by atoms with E-state index in [-0.39, 0.29) is 13.1 Å². The van der Waals surface area contributed by atoms with Crippen molar-refractivity contribution in [1.82, 2.24) is 10.2 Å². The molecule has 2 N–H and O–H groups in total. The molecule has 2 amide bonds. The summed E-state index contributed by atoms with van der Waals surface area (Å²) < 4.78 is 36.5. The van der Waals surface area contributed by atoms with Gasteiger partial charge >= 0.3 is 18.2 Å². The number of hydrogen-bond acceptors (Lipinski definition) is 2. The maximum Gasteiger partial charge on any atom is 0.391 e. The predicted octanol–water partition coefficient (Wildman–Crippen LogP) is 2.22. The van der Waals surface area contributed by atoms with Crippen molar-refractivity contribution < 1.29 is 27.9 Å². The molecule has 0 radical (unpaired) electrons. The first-order valence-corrected chi connectivity index (χ1v) is 6.39. The second-order valence-corrected chi connectivity index (χ2v) is 5.52. The van der Waals surface area contributed by atoms with Gasteiger partial charge in [-0.05, 0) is 26.7 Å². The van der Waals surface area contributed by atoms with E-state index >= 15 is 0 Å². The third-order valence-electron chi connectivity index (χ3n) is 3.58. The van der Waals surface area contributed by atoms with E-state index in [0.29, 0.717) is 12.8 Å². The minimum atomic E-state index is -4.32. The Morgan fingerprint density at radius 1 is 1.35 bits per heavy atom. The number of likely N-dealkylation sites (tertiary alicyclic amines) is 1. The Balaban J connectivity index is 2.45. The number of nitrogens with zero attached hydrogens (tertiary/aromatic N) is 1. The molecular formula is C12H19F3N2O3. The molecule has 1 aliphatic heterocycles. The molecule has 0 saturated carbocycles. The van der Waals surface area contributed by atoms with E-state index in [0.717, 1.165) is 0 Å². The molecule has 1 heterocycles. The molecule has 20 heavy (non-hydrogen) atoms. The number of carbonyl (C=O) groups is 2. The van der Waals surface area contributed by atoms with Crippen LogP contribution in [0.3, 0.4) is 0 Å². The fraction of sp³-hybridized carbons (Fsp3) is 0.833. The lowest BCUT2D eigenvalue weighted by Crippen LogP contribution is -2.50. The van der Waals surface area contributed by atoms with Crippen molar-refractivity contribution in [2.45, 2.75) is 45.3 Å². The summed E-state index contributed by atoms with van der Waals surface area (Å²) in [7, 11) is 0. The molecule has 0 aromatic rings. The van der Waals surface area contributed by atoms with Crippen LogP contribution in [0, 0.1) is 5.41 Å². The van der Waals surface area contributed by atoms with Gasteiger partial charge in [0.15, 0.2) is 0 Å². The molecule has 1 fully saturated rings. The number of carboxylic acids is 1. The summed E-state index contributed by atoms with van der Waals surface area (Å²) in [4.78, 5) is 24.2. The van der Waals surface area contributed by atoms with Gasteiger partial charge in [0.25, 0.3) is 0 Å². The lowest BCUT2D eigenvalue weighted by molar-refractivity contribution is -0.150. The van der Waals surface area contributed by atoms with Crippen molar-refractivity contribution in [3.8, 4) is 0 Å². The summed E-state index contributed by atoms with van der Waals surface area (Å²) in [5.41, 5.74) is -0.867. The summed E-state index contributed by atoms with van der Waals surface area (Å²) in [5.74, 6) is -0.914. The molecule has 1 atom stereocenters. The summed E-state index contributed by atoms with van der Waals surface area (Å²) in [6.45, 7) is 3.36. The number of rotatable bonds is 3. The van der Waals surface area contributed by atoms with Crippen molar-refractivity contribution in [2.75, 3.05) is 13.1 Å². The zero-order chi connectivity index (χ0) is 15.6. The Hall–Kier alpha value is -1.47. The summed E-state index contributed by atoms with van der Waals surface area (Å²) >= 11 is 0. The highest BCUT2D eigenvalue weighted by Gasteiger charge is 2.38. The van der Waals surface area contributed by atoms with Gasteiger partial charge in [-0.25, -0.2) is 4.79 Å². The third kappa shape index (κ3) is 4.57. The minimum Gasteiger partial charge on any atom is -0.481 e. The Morgan fingerprint density at radius 3 is 2.25 bits per heavy atom. The highest BCUT2D eigenvalue weighted by Crippen LogP contribution is 2.31. The first kappa shape index (κ1) is 16.6. The van der Waals surface area contributed by atoms with Crippen LogP contribution in [0.25, 0.3) is 0 Å². The third-order valence-corrected chi connectivity index (χ3v) is 3.58. The fourth-order valence-electron chi connectivity index (χ4n) is 2.12. The van der Waals surface area contributed by atoms with Crippen molar-refractivity contribution >= 4 is 12.0 Å². The van der Waals surface area contributed by atoms with E-state index in [1.54, 1.807) is 6.92 Å². The lowest BCUT2D eigenvalue weighted by atomic mass is 9.80. The second kappa shape index (κ2) is 5.88.